The molecule has 0 aromatic heterocycles. The molecule has 1 aliphatic heterocycles. The van der Waals surface area contributed by atoms with E-state index in [1.54, 1.807) is 0 Å². The summed E-state index contributed by atoms with van der Waals surface area (Å²) >= 11 is 0. The van der Waals surface area contributed by atoms with Crippen molar-refractivity contribution >= 4 is 5.97 Å². The maximum absolute atomic E-state index is 12.2. The van der Waals surface area contributed by atoms with Crippen LogP contribution in [0.4, 0.5) is 0 Å². The highest BCUT2D eigenvalue weighted by molar-refractivity contribution is 5.79. The van der Waals surface area contributed by atoms with E-state index in [-0.39, 0.29) is 5.97 Å². The van der Waals surface area contributed by atoms with Gasteiger partial charge in [0.15, 0.2) is 0 Å². The SMILES string of the molecule is CCN1CCC(O)([C@H](C(=O)OC)c2ccccc2)CC1. The number of carbonyl (C=O) groups is 1. The van der Waals surface area contributed by atoms with Crippen LogP contribution in [0, 0.1) is 0 Å². The lowest BCUT2D eigenvalue weighted by Gasteiger charge is -2.41. The van der Waals surface area contributed by atoms with Crippen LogP contribution in [-0.4, -0.2) is 48.3 Å². The first-order valence-electron chi connectivity index (χ1n) is 7.18. The summed E-state index contributed by atoms with van der Waals surface area (Å²) in [6.45, 7) is 4.71. The third kappa shape index (κ3) is 3.02. The molecule has 2 rings (SSSR count). The van der Waals surface area contributed by atoms with Gasteiger partial charge in [0.2, 0.25) is 0 Å². The van der Waals surface area contributed by atoms with E-state index in [1.165, 1.54) is 7.11 Å². The van der Waals surface area contributed by atoms with Crippen molar-refractivity contribution in [2.45, 2.75) is 31.3 Å². The molecule has 0 spiro atoms. The Morgan fingerprint density at radius 2 is 1.95 bits per heavy atom. The second-order valence-corrected chi connectivity index (χ2v) is 5.40. The smallest absolute Gasteiger partial charge is 0.316 e. The molecular formula is C16H23NO3. The number of methoxy groups -OCH3 is 1. The highest BCUT2D eigenvalue weighted by atomic mass is 16.5. The summed E-state index contributed by atoms with van der Waals surface area (Å²) in [6, 6.07) is 9.44. The topological polar surface area (TPSA) is 49.8 Å². The Morgan fingerprint density at radius 1 is 1.35 bits per heavy atom. The van der Waals surface area contributed by atoms with Crippen LogP contribution >= 0.6 is 0 Å². The zero-order chi connectivity index (χ0) is 14.6. The third-order valence-corrected chi connectivity index (χ3v) is 4.28. The molecule has 1 atom stereocenters. The van der Waals surface area contributed by atoms with Gasteiger partial charge in [-0.3, -0.25) is 4.79 Å². The Kier molecular flexibility index (Phi) is 4.78. The second kappa shape index (κ2) is 6.37. The van der Waals surface area contributed by atoms with Gasteiger partial charge in [0.05, 0.1) is 12.7 Å². The number of esters is 1. The Balaban J connectivity index is 2.26. The van der Waals surface area contributed by atoms with Gasteiger partial charge in [0.25, 0.3) is 0 Å². The van der Waals surface area contributed by atoms with Crippen molar-refractivity contribution in [1.29, 1.82) is 0 Å². The van der Waals surface area contributed by atoms with E-state index in [1.807, 2.05) is 30.3 Å². The predicted octanol–water partition coefficient (Wildman–Crippen LogP) is 1.79. The van der Waals surface area contributed by atoms with Crippen molar-refractivity contribution < 1.29 is 14.6 Å². The molecule has 0 unspecified atom stereocenters. The van der Waals surface area contributed by atoms with Crippen molar-refractivity contribution in [3.8, 4) is 0 Å². The summed E-state index contributed by atoms with van der Waals surface area (Å²) in [5.41, 5.74) is -0.188. The zero-order valence-corrected chi connectivity index (χ0v) is 12.2. The molecule has 0 aliphatic carbocycles. The summed E-state index contributed by atoms with van der Waals surface area (Å²) in [5.74, 6) is -0.962. The highest BCUT2D eigenvalue weighted by Crippen LogP contribution is 2.37. The average Bonchev–Trinajstić information content (AvgIpc) is 2.49. The number of benzene rings is 1. The zero-order valence-electron chi connectivity index (χ0n) is 12.2. The van der Waals surface area contributed by atoms with E-state index in [2.05, 4.69) is 11.8 Å². The van der Waals surface area contributed by atoms with Gasteiger partial charge in [-0.2, -0.15) is 0 Å². The summed E-state index contributed by atoms with van der Waals surface area (Å²) in [7, 11) is 1.38. The van der Waals surface area contributed by atoms with Gasteiger partial charge >= 0.3 is 5.97 Å². The molecule has 1 aromatic carbocycles. The molecule has 0 saturated carbocycles. The van der Waals surface area contributed by atoms with Crippen LogP contribution in [0.15, 0.2) is 30.3 Å². The first-order chi connectivity index (χ1) is 9.60. The summed E-state index contributed by atoms with van der Waals surface area (Å²) in [4.78, 5) is 14.5. The summed E-state index contributed by atoms with van der Waals surface area (Å²) < 4.78 is 4.93. The second-order valence-electron chi connectivity index (χ2n) is 5.40. The number of rotatable bonds is 4. The van der Waals surface area contributed by atoms with E-state index < -0.39 is 11.5 Å². The predicted molar refractivity (Wildman–Crippen MR) is 77.5 cm³/mol. The third-order valence-electron chi connectivity index (χ3n) is 4.28. The number of ether oxygens (including phenoxy) is 1. The van der Waals surface area contributed by atoms with Crippen molar-refractivity contribution in [3.05, 3.63) is 35.9 Å². The van der Waals surface area contributed by atoms with Crippen LogP contribution in [0.3, 0.4) is 0 Å². The van der Waals surface area contributed by atoms with Gasteiger partial charge in [0.1, 0.15) is 5.92 Å². The van der Waals surface area contributed by atoms with Crippen LogP contribution in [0.1, 0.15) is 31.2 Å². The van der Waals surface area contributed by atoms with E-state index >= 15 is 0 Å². The first-order valence-corrected chi connectivity index (χ1v) is 7.18. The molecule has 1 fully saturated rings. The Labute approximate surface area is 120 Å². The summed E-state index contributed by atoms with van der Waals surface area (Å²) in [6.07, 6.45) is 1.19. The maximum Gasteiger partial charge on any atom is 0.316 e. The van der Waals surface area contributed by atoms with Crippen molar-refractivity contribution in [2.24, 2.45) is 0 Å². The van der Waals surface area contributed by atoms with Gasteiger partial charge in [-0.15, -0.1) is 0 Å². The van der Waals surface area contributed by atoms with E-state index in [0.29, 0.717) is 12.8 Å². The van der Waals surface area contributed by atoms with Crippen LogP contribution in [0.5, 0.6) is 0 Å². The molecule has 1 aliphatic rings. The fourth-order valence-corrected chi connectivity index (χ4v) is 2.97. The van der Waals surface area contributed by atoms with Gasteiger partial charge in [-0.25, -0.2) is 0 Å². The molecule has 1 aromatic rings. The fourth-order valence-electron chi connectivity index (χ4n) is 2.97. The number of piperidine rings is 1. The van der Waals surface area contributed by atoms with Gasteiger partial charge in [-0.1, -0.05) is 37.3 Å². The quantitative estimate of drug-likeness (QED) is 0.853. The monoisotopic (exact) mass is 277 g/mol. The minimum atomic E-state index is -1.01. The van der Waals surface area contributed by atoms with Crippen molar-refractivity contribution in [3.63, 3.8) is 0 Å². The van der Waals surface area contributed by atoms with Gasteiger partial charge < -0.3 is 14.7 Å². The molecule has 1 heterocycles. The molecule has 0 radical (unpaired) electrons. The molecule has 4 nitrogen and oxygen atoms in total. The molecule has 110 valence electrons. The Morgan fingerprint density at radius 3 is 2.45 bits per heavy atom. The average molecular weight is 277 g/mol. The Bertz CT molecular complexity index is 438. The van der Waals surface area contributed by atoms with E-state index in [0.717, 1.165) is 25.2 Å². The standard InChI is InChI=1S/C16H23NO3/c1-3-17-11-9-16(19,10-12-17)14(15(18)20-2)13-7-5-4-6-8-13/h4-8,14,19H,3,9-12H2,1-2H3/t14-/m0/s1. The lowest BCUT2D eigenvalue weighted by Crippen LogP contribution is -2.50. The fraction of sp³-hybridized carbons (Fsp3) is 0.562. The van der Waals surface area contributed by atoms with Gasteiger partial charge in [-0.05, 0) is 24.9 Å². The van der Waals surface area contributed by atoms with Crippen LogP contribution in [0.2, 0.25) is 0 Å². The minimum absolute atomic E-state index is 0.358. The maximum atomic E-state index is 12.2. The van der Waals surface area contributed by atoms with E-state index in [9.17, 15) is 9.90 Å². The molecule has 0 amide bonds. The number of likely N-dealkylation sites (tertiary alicyclic amines) is 1. The normalized spacial score (nSPS) is 20.4. The number of carbonyl (C=O) groups excluding carboxylic acids is 1. The van der Waals surface area contributed by atoms with Crippen LogP contribution in [-0.2, 0) is 9.53 Å². The number of hydrogen-bond acceptors (Lipinski definition) is 4. The first kappa shape index (κ1) is 15.0. The molecule has 1 saturated heterocycles. The Hall–Kier alpha value is -1.39. The van der Waals surface area contributed by atoms with Gasteiger partial charge in [0, 0.05) is 13.1 Å². The van der Waals surface area contributed by atoms with E-state index in [4.69, 9.17) is 4.74 Å². The van der Waals surface area contributed by atoms with Crippen molar-refractivity contribution in [2.75, 3.05) is 26.7 Å². The minimum Gasteiger partial charge on any atom is -0.468 e. The molecule has 1 N–H and O–H groups in total. The van der Waals surface area contributed by atoms with Crippen LogP contribution in [0.25, 0.3) is 0 Å². The van der Waals surface area contributed by atoms with Crippen LogP contribution < -0.4 is 0 Å². The highest BCUT2D eigenvalue weighted by Gasteiger charge is 2.44. The number of hydrogen-bond donors (Lipinski definition) is 1. The summed E-state index contributed by atoms with van der Waals surface area (Å²) in [5, 5.41) is 11.0. The largest absolute Gasteiger partial charge is 0.468 e. The number of aliphatic hydroxyl groups is 1. The number of nitrogens with zero attached hydrogens (tertiary/aromatic N) is 1. The molecule has 20 heavy (non-hydrogen) atoms. The molecular weight excluding hydrogens is 254 g/mol. The molecule has 0 bridgehead atoms. The lowest BCUT2D eigenvalue weighted by atomic mass is 9.76. The molecule has 4 heteroatoms. The van der Waals surface area contributed by atoms with Crippen molar-refractivity contribution in [1.82, 2.24) is 4.90 Å². The lowest BCUT2D eigenvalue weighted by molar-refractivity contribution is -0.152.